The first kappa shape index (κ1) is 15.5. The largest absolute Gasteiger partial charge is 0.425 e. The summed E-state index contributed by atoms with van der Waals surface area (Å²) in [5, 5.41) is 8.16. The monoisotopic (exact) mass is 307 g/mol. The highest BCUT2D eigenvalue weighted by molar-refractivity contribution is 5.77. The molecule has 6 heteroatoms. The van der Waals surface area contributed by atoms with Gasteiger partial charge in [-0.2, -0.15) is 0 Å². The van der Waals surface area contributed by atoms with E-state index < -0.39 is 0 Å². The van der Waals surface area contributed by atoms with Crippen molar-refractivity contribution in [2.75, 3.05) is 26.3 Å². The van der Waals surface area contributed by atoms with Gasteiger partial charge >= 0.3 is 0 Å². The number of nitrogens with zero attached hydrogens (tertiary/aromatic N) is 3. The molecule has 3 rings (SSSR count). The molecule has 6 nitrogen and oxygen atoms in total. The van der Waals surface area contributed by atoms with E-state index in [-0.39, 0.29) is 22.7 Å². The number of hydrogen-bond acceptors (Lipinski definition) is 5. The molecule has 1 aromatic rings. The van der Waals surface area contributed by atoms with Gasteiger partial charge in [0.2, 0.25) is 17.7 Å². The number of aryl methyl sites for hydroxylation is 1. The van der Waals surface area contributed by atoms with Crippen LogP contribution in [0.15, 0.2) is 4.42 Å². The second-order valence-electron chi connectivity index (χ2n) is 7.46. The lowest BCUT2D eigenvalue weighted by Crippen LogP contribution is -2.38. The molecule has 0 spiro atoms. The molecule has 0 unspecified atom stereocenters. The highest BCUT2D eigenvalue weighted by Crippen LogP contribution is 2.43. The van der Waals surface area contributed by atoms with Crippen molar-refractivity contribution in [2.24, 2.45) is 11.3 Å². The standard InChI is InChI=1S/C16H25N3O3/c1-5-15(3,4)6-13(20)19-7-12-8-21-10-16(12,9-19)14-18-17-11(2)22-14/h12H,5-10H2,1-4H3/t12-,16-/m1/s1. The summed E-state index contributed by atoms with van der Waals surface area (Å²) in [5.41, 5.74) is -0.271. The molecule has 2 atom stereocenters. The summed E-state index contributed by atoms with van der Waals surface area (Å²) < 4.78 is 11.3. The van der Waals surface area contributed by atoms with Crippen LogP contribution in [0.3, 0.4) is 0 Å². The minimum atomic E-state index is -0.312. The van der Waals surface area contributed by atoms with E-state index >= 15 is 0 Å². The van der Waals surface area contributed by atoms with E-state index in [1.807, 2.05) is 4.90 Å². The summed E-state index contributed by atoms with van der Waals surface area (Å²) in [4.78, 5) is 14.6. The van der Waals surface area contributed by atoms with Crippen LogP contribution in [0.1, 0.15) is 45.4 Å². The van der Waals surface area contributed by atoms with Crippen LogP contribution in [0.25, 0.3) is 0 Å². The molecule has 1 aromatic heterocycles. The number of aromatic nitrogens is 2. The molecule has 0 bridgehead atoms. The number of ether oxygens (including phenoxy) is 1. The van der Waals surface area contributed by atoms with E-state index in [0.717, 1.165) is 13.0 Å². The molecule has 22 heavy (non-hydrogen) atoms. The molecule has 0 saturated carbocycles. The third kappa shape index (κ3) is 2.53. The third-order valence-electron chi connectivity index (χ3n) is 5.27. The van der Waals surface area contributed by atoms with Crippen LogP contribution >= 0.6 is 0 Å². The van der Waals surface area contributed by atoms with E-state index in [4.69, 9.17) is 9.15 Å². The molecule has 1 amide bonds. The van der Waals surface area contributed by atoms with E-state index in [0.29, 0.717) is 38.0 Å². The van der Waals surface area contributed by atoms with Gasteiger partial charge in [-0.05, 0) is 5.41 Å². The van der Waals surface area contributed by atoms with Crippen molar-refractivity contribution in [1.82, 2.24) is 15.1 Å². The Morgan fingerprint density at radius 1 is 1.45 bits per heavy atom. The fraction of sp³-hybridized carbons (Fsp3) is 0.812. The second-order valence-corrected chi connectivity index (χ2v) is 7.46. The quantitative estimate of drug-likeness (QED) is 0.850. The first-order valence-electron chi connectivity index (χ1n) is 8.02. The van der Waals surface area contributed by atoms with E-state index in [9.17, 15) is 4.79 Å². The van der Waals surface area contributed by atoms with Crippen LogP contribution in [0.2, 0.25) is 0 Å². The Labute approximate surface area is 131 Å². The summed E-state index contributed by atoms with van der Waals surface area (Å²) in [6, 6.07) is 0. The van der Waals surface area contributed by atoms with E-state index in [1.165, 1.54) is 0 Å². The van der Waals surface area contributed by atoms with Gasteiger partial charge in [-0.15, -0.1) is 10.2 Å². The SMILES string of the molecule is CCC(C)(C)CC(=O)N1C[C@@H]2COC[C@]2(c2nnc(C)o2)C1. The van der Waals surface area contributed by atoms with Crippen LogP contribution in [0.4, 0.5) is 0 Å². The van der Waals surface area contributed by atoms with Gasteiger partial charge < -0.3 is 14.1 Å². The van der Waals surface area contributed by atoms with Crippen molar-refractivity contribution < 1.29 is 13.9 Å². The number of hydrogen-bond donors (Lipinski definition) is 0. The van der Waals surface area contributed by atoms with Crippen LogP contribution in [-0.4, -0.2) is 47.3 Å². The maximum absolute atomic E-state index is 12.6. The van der Waals surface area contributed by atoms with Gasteiger partial charge in [0.1, 0.15) is 0 Å². The second kappa shape index (κ2) is 5.33. The average Bonchev–Trinajstić information content (AvgIpc) is 3.11. The first-order chi connectivity index (χ1) is 10.4. The molecule has 0 aliphatic carbocycles. The molecule has 0 radical (unpaired) electrons. The Kier molecular flexibility index (Phi) is 3.75. The number of carbonyl (C=O) groups is 1. The Morgan fingerprint density at radius 2 is 2.23 bits per heavy atom. The average molecular weight is 307 g/mol. The zero-order chi connectivity index (χ0) is 16.0. The van der Waals surface area contributed by atoms with Crippen molar-refractivity contribution in [3.8, 4) is 0 Å². The van der Waals surface area contributed by atoms with Crippen molar-refractivity contribution in [3.05, 3.63) is 11.8 Å². The maximum atomic E-state index is 12.6. The summed E-state index contributed by atoms with van der Waals surface area (Å²) in [6.45, 7) is 10.8. The van der Waals surface area contributed by atoms with E-state index in [2.05, 4.69) is 31.0 Å². The minimum Gasteiger partial charge on any atom is -0.425 e. The van der Waals surface area contributed by atoms with Gasteiger partial charge in [0.05, 0.1) is 18.6 Å². The van der Waals surface area contributed by atoms with Crippen molar-refractivity contribution in [2.45, 2.75) is 46.0 Å². The minimum absolute atomic E-state index is 0.0412. The normalized spacial score (nSPS) is 28.2. The highest BCUT2D eigenvalue weighted by atomic mass is 16.5. The van der Waals surface area contributed by atoms with Crippen LogP contribution < -0.4 is 0 Å². The van der Waals surface area contributed by atoms with Gasteiger partial charge in [-0.1, -0.05) is 27.2 Å². The Morgan fingerprint density at radius 3 is 2.86 bits per heavy atom. The number of likely N-dealkylation sites (tertiary alicyclic amines) is 1. The molecular formula is C16H25N3O3. The van der Waals surface area contributed by atoms with Crippen molar-refractivity contribution >= 4 is 5.91 Å². The highest BCUT2D eigenvalue weighted by Gasteiger charge is 2.56. The molecule has 2 saturated heterocycles. The van der Waals surface area contributed by atoms with E-state index in [1.54, 1.807) is 6.92 Å². The molecule has 122 valence electrons. The summed E-state index contributed by atoms with van der Waals surface area (Å²) in [6.07, 6.45) is 1.57. The van der Waals surface area contributed by atoms with Gasteiger partial charge in [-0.25, -0.2) is 0 Å². The topological polar surface area (TPSA) is 68.5 Å². The Balaban J connectivity index is 1.78. The predicted molar refractivity (Wildman–Crippen MR) is 80.3 cm³/mol. The Bertz CT molecular complexity index is 569. The van der Waals surface area contributed by atoms with Gasteiger partial charge in [-0.3, -0.25) is 4.79 Å². The predicted octanol–water partition coefficient (Wildman–Crippen LogP) is 1.93. The van der Waals surface area contributed by atoms with Gasteiger partial charge in [0.15, 0.2) is 0 Å². The smallest absolute Gasteiger partial charge is 0.227 e. The number of amides is 1. The van der Waals surface area contributed by atoms with Crippen LogP contribution in [0, 0.1) is 18.3 Å². The molecule has 0 aromatic carbocycles. The number of rotatable bonds is 4. The number of fused-ring (bicyclic) bond motifs is 1. The maximum Gasteiger partial charge on any atom is 0.227 e. The zero-order valence-corrected chi connectivity index (χ0v) is 13.9. The summed E-state index contributed by atoms with van der Waals surface area (Å²) in [7, 11) is 0. The lowest BCUT2D eigenvalue weighted by atomic mass is 9.81. The van der Waals surface area contributed by atoms with Crippen molar-refractivity contribution in [1.29, 1.82) is 0 Å². The molecule has 2 aliphatic heterocycles. The summed E-state index contributed by atoms with van der Waals surface area (Å²) in [5.74, 6) is 1.65. The lowest BCUT2D eigenvalue weighted by molar-refractivity contribution is -0.133. The van der Waals surface area contributed by atoms with Gasteiger partial charge in [0, 0.05) is 32.4 Å². The van der Waals surface area contributed by atoms with Crippen LogP contribution in [-0.2, 0) is 14.9 Å². The number of carbonyl (C=O) groups excluding carboxylic acids is 1. The summed E-state index contributed by atoms with van der Waals surface area (Å²) >= 11 is 0. The lowest BCUT2D eigenvalue weighted by Gasteiger charge is -2.27. The Hall–Kier alpha value is -1.43. The third-order valence-corrected chi connectivity index (χ3v) is 5.27. The first-order valence-corrected chi connectivity index (χ1v) is 8.02. The molecule has 2 aliphatic rings. The fourth-order valence-corrected chi connectivity index (χ4v) is 3.37. The van der Waals surface area contributed by atoms with Crippen LogP contribution in [0.5, 0.6) is 0 Å². The molecule has 2 fully saturated rings. The van der Waals surface area contributed by atoms with Crippen molar-refractivity contribution in [3.63, 3.8) is 0 Å². The molecular weight excluding hydrogens is 282 g/mol. The molecule has 0 N–H and O–H groups in total. The zero-order valence-electron chi connectivity index (χ0n) is 13.9. The van der Waals surface area contributed by atoms with Gasteiger partial charge in [0.25, 0.3) is 0 Å². The molecule has 3 heterocycles. The fourth-order valence-electron chi connectivity index (χ4n) is 3.37.